The molecule has 1 aromatic carbocycles. The van der Waals surface area contributed by atoms with Crippen molar-refractivity contribution in [2.75, 3.05) is 52.9 Å². The van der Waals surface area contributed by atoms with E-state index in [1.165, 1.54) is 12.1 Å². The Morgan fingerprint density at radius 1 is 1.13 bits per heavy atom. The number of hydrogen-bond donors (Lipinski definition) is 2. The van der Waals surface area contributed by atoms with Crippen molar-refractivity contribution in [1.29, 1.82) is 0 Å². The van der Waals surface area contributed by atoms with Gasteiger partial charge in [-0.25, -0.2) is 4.39 Å². The van der Waals surface area contributed by atoms with Crippen LogP contribution in [0, 0.1) is 5.82 Å². The smallest absolute Gasteiger partial charge is 0.271 e. The number of nitrogens with zero attached hydrogens (tertiary/aromatic N) is 4. The molecular weight excluding hydrogens is 385 g/mol. The standard InChI is InChI=1S/C22H30FN5O2/c1-26-11-13-27(14-12-26)16-22(30)7-2-9-28(10-8-22)21(29)20-15-19(24-25-20)17-3-5-18(23)6-4-17/h3-6,15,30H,2,7-14,16H2,1H3,(H,24,25)/t22-/m0/s1. The Morgan fingerprint density at radius 3 is 2.60 bits per heavy atom. The van der Waals surface area contributed by atoms with E-state index in [1.54, 1.807) is 23.1 Å². The van der Waals surface area contributed by atoms with Crippen molar-refractivity contribution in [3.8, 4) is 11.3 Å². The van der Waals surface area contributed by atoms with E-state index < -0.39 is 5.60 Å². The molecule has 0 saturated carbocycles. The molecular formula is C22H30FN5O2. The Bertz CT molecular complexity index is 863. The van der Waals surface area contributed by atoms with Crippen LogP contribution in [0.1, 0.15) is 29.8 Å². The Labute approximate surface area is 176 Å². The fraction of sp³-hybridized carbons (Fsp3) is 0.545. The number of amides is 1. The summed E-state index contributed by atoms with van der Waals surface area (Å²) in [4.78, 5) is 19.4. The van der Waals surface area contributed by atoms with Crippen LogP contribution in [0.4, 0.5) is 4.39 Å². The Kier molecular flexibility index (Phi) is 6.17. The third-order valence-corrected chi connectivity index (χ3v) is 6.27. The summed E-state index contributed by atoms with van der Waals surface area (Å²) in [6.45, 7) is 5.81. The minimum atomic E-state index is -0.752. The van der Waals surface area contributed by atoms with Gasteiger partial charge >= 0.3 is 0 Å². The first-order valence-corrected chi connectivity index (χ1v) is 10.7. The van der Waals surface area contributed by atoms with E-state index in [9.17, 15) is 14.3 Å². The second-order valence-electron chi connectivity index (χ2n) is 8.62. The van der Waals surface area contributed by atoms with Crippen LogP contribution in [0.25, 0.3) is 11.3 Å². The first-order chi connectivity index (χ1) is 14.4. The van der Waals surface area contributed by atoms with Gasteiger partial charge in [0, 0.05) is 51.4 Å². The quantitative estimate of drug-likeness (QED) is 0.797. The highest BCUT2D eigenvalue weighted by atomic mass is 19.1. The van der Waals surface area contributed by atoms with E-state index in [1.807, 2.05) is 0 Å². The molecule has 0 bridgehead atoms. The summed E-state index contributed by atoms with van der Waals surface area (Å²) in [6.07, 6.45) is 2.05. The van der Waals surface area contributed by atoms with Gasteiger partial charge in [-0.05, 0) is 56.6 Å². The lowest BCUT2D eigenvalue weighted by molar-refractivity contribution is -0.0179. The molecule has 2 aromatic rings. The molecule has 2 saturated heterocycles. The summed E-state index contributed by atoms with van der Waals surface area (Å²) >= 11 is 0. The molecule has 2 fully saturated rings. The van der Waals surface area contributed by atoms with Gasteiger partial charge in [-0.15, -0.1) is 0 Å². The normalized spacial score (nSPS) is 24.0. The highest BCUT2D eigenvalue weighted by molar-refractivity contribution is 5.93. The number of halogens is 1. The van der Waals surface area contributed by atoms with E-state index in [-0.39, 0.29) is 11.7 Å². The molecule has 0 unspecified atom stereocenters. The molecule has 162 valence electrons. The van der Waals surface area contributed by atoms with Crippen LogP contribution in [-0.2, 0) is 0 Å². The van der Waals surface area contributed by atoms with E-state index in [0.29, 0.717) is 43.9 Å². The SMILES string of the molecule is CN1CCN(C[C@]2(O)CCCN(C(=O)c3cc(-c4ccc(F)cc4)n[nH]3)CC2)CC1. The molecule has 1 aromatic heterocycles. The molecule has 1 atom stereocenters. The van der Waals surface area contributed by atoms with Gasteiger partial charge in [0.2, 0.25) is 0 Å². The molecule has 7 nitrogen and oxygen atoms in total. The third kappa shape index (κ3) is 4.88. The average molecular weight is 416 g/mol. The number of H-pyrrole nitrogens is 1. The molecule has 3 heterocycles. The number of aromatic amines is 1. The van der Waals surface area contributed by atoms with Crippen LogP contribution >= 0.6 is 0 Å². The highest BCUT2D eigenvalue weighted by Crippen LogP contribution is 2.25. The average Bonchev–Trinajstić information content (AvgIpc) is 3.14. The molecule has 0 spiro atoms. The zero-order valence-corrected chi connectivity index (χ0v) is 17.5. The van der Waals surface area contributed by atoms with Crippen molar-refractivity contribution < 1.29 is 14.3 Å². The molecule has 2 aliphatic rings. The topological polar surface area (TPSA) is 75.7 Å². The number of likely N-dealkylation sites (N-methyl/N-ethyl adjacent to an activating group) is 1. The summed E-state index contributed by atoms with van der Waals surface area (Å²) in [5, 5.41) is 18.2. The van der Waals surface area contributed by atoms with Gasteiger partial charge in [0.25, 0.3) is 5.91 Å². The van der Waals surface area contributed by atoms with Gasteiger partial charge in [-0.3, -0.25) is 14.8 Å². The van der Waals surface area contributed by atoms with E-state index in [0.717, 1.165) is 38.2 Å². The molecule has 4 rings (SSSR count). The zero-order valence-electron chi connectivity index (χ0n) is 17.5. The fourth-order valence-corrected chi connectivity index (χ4v) is 4.33. The first kappa shape index (κ1) is 21.0. The second kappa shape index (κ2) is 8.83. The van der Waals surface area contributed by atoms with Crippen LogP contribution in [0.15, 0.2) is 30.3 Å². The summed E-state index contributed by atoms with van der Waals surface area (Å²) in [7, 11) is 2.12. The molecule has 0 radical (unpaired) electrons. The molecule has 8 heteroatoms. The predicted octanol–water partition coefficient (Wildman–Crippen LogP) is 1.82. The van der Waals surface area contributed by atoms with Crippen molar-refractivity contribution in [3.05, 3.63) is 41.8 Å². The maximum atomic E-state index is 13.1. The van der Waals surface area contributed by atoms with Gasteiger partial charge in [0.05, 0.1) is 11.3 Å². The fourth-order valence-electron chi connectivity index (χ4n) is 4.33. The number of likely N-dealkylation sites (tertiary alicyclic amines) is 1. The van der Waals surface area contributed by atoms with Crippen molar-refractivity contribution in [2.45, 2.75) is 24.9 Å². The lowest BCUT2D eigenvalue weighted by Crippen LogP contribution is -2.51. The largest absolute Gasteiger partial charge is 0.388 e. The number of carbonyl (C=O) groups is 1. The Hall–Kier alpha value is -2.29. The Morgan fingerprint density at radius 2 is 1.87 bits per heavy atom. The number of β-amino-alcohol motifs (C(OH)–C–C–N with tert-alkyl or cyclic N) is 1. The monoisotopic (exact) mass is 415 g/mol. The number of benzene rings is 1. The second-order valence-corrected chi connectivity index (χ2v) is 8.62. The lowest BCUT2D eigenvalue weighted by atomic mass is 9.94. The van der Waals surface area contributed by atoms with Crippen molar-refractivity contribution in [1.82, 2.24) is 24.9 Å². The van der Waals surface area contributed by atoms with Crippen molar-refractivity contribution in [2.24, 2.45) is 0 Å². The van der Waals surface area contributed by atoms with Crippen molar-refractivity contribution >= 4 is 5.91 Å². The number of piperazine rings is 1. The van der Waals surface area contributed by atoms with Crippen molar-refractivity contribution in [3.63, 3.8) is 0 Å². The predicted molar refractivity (Wildman–Crippen MR) is 113 cm³/mol. The van der Waals surface area contributed by atoms with Crippen LogP contribution in [0.5, 0.6) is 0 Å². The van der Waals surface area contributed by atoms with E-state index in [4.69, 9.17) is 0 Å². The summed E-state index contributed by atoms with van der Waals surface area (Å²) in [5.74, 6) is -0.418. The number of aliphatic hydroxyl groups is 1. The summed E-state index contributed by atoms with van der Waals surface area (Å²) < 4.78 is 13.1. The van der Waals surface area contributed by atoms with Crippen LogP contribution in [0.3, 0.4) is 0 Å². The third-order valence-electron chi connectivity index (χ3n) is 6.27. The zero-order chi connectivity index (χ0) is 21.1. The summed E-state index contributed by atoms with van der Waals surface area (Å²) in [6, 6.07) is 7.74. The number of carbonyl (C=O) groups excluding carboxylic acids is 1. The van der Waals surface area contributed by atoms with E-state index >= 15 is 0 Å². The van der Waals surface area contributed by atoms with Crippen LogP contribution in [-0.4, -0.2) is 94.4 Å². The maximum absolute atomic E-state index is 13.1. The first-order valence-electron chi connectivity index (χ1n) is 10.7. The van der Waals surface area contributed by atoms with Gasteiger partial charge in [0.1, 0.15) is 11.5 Å². The molecule has 30 heavy (non-hydrogen) atoms. The summed E-state index contributed by atoms with van der Waals surface area (Å²) in [5.41, 5.74) is 1.03. The van der Waals surface area contributed by atoms with E-state index in [2.05, 4.69) is 27.0 Å². The number of nitrogens with one attached hydrogen (secondary N) is 1. The Balaban J connectivity index is 1.37. The molecule has 1 amide bonds. The van der Waals surface area contributed by atoms with Gasteiger partial charge in [-0.1, -0.05) is 0 Å². The van der Waals surface area contributed by atoms with Gasteiger partial charge in [0.15, 0.2) is 0 Å². The lowest BCUT2D eigenvalue weighted by Gasteiger charge is -2.38. The molecule has 2 aliphatic heterocycles. The number of aromatic nitrogens is 2. The number of hydrogen-bond acceptors (Lipinski definition) is 5. The molecule has 2 N–H and O–H groups in total. The number of rotatable bonds is 4. The van der Waals surface area contributed by atoms with Crippen LogP contribution in [0.2, 0.25) is 0 Å². The van der Waals surface area contributed by atoms with Crippen LogP contribution < -0.4 is 0 Å². The molecule has 0 aliphatic carbocycles. The maximum Gasteiger partial charge on any atom is 0.271 e. The minimum absolute atomic E-state index is 0.111. The minimum Gasteiger partial charge on any atom is -0.388 e. The highest BCUT2D eigenvalue weighted by Gasteiger charge is 2.34. The van der Waals surface area contributed by atoms with Gasteiger partial charge < -0.3 is 14.9 Å². The van der Waals surface area contributed by atoms with Gasteiger partial charge in [-0.2, -0.15) is 5.10 Å².